The third-order valence-corrected chi connectivity index (χ3v) is 5.54. The second kappa shape index (κ2) is 9.66. The first kappa shape index (κ1) is 22.6. The topological polar surface area (TPSA) is 93.7 Å². The second-order valence-corrected chi connectivity index (χ2v) is 7.79. The van der Waals surface area contributed by atoms with E-state index in [4.69, 9.17) is 4.74 Å². The Morgan fingerprint density at radius 2 is 1.86 bits per heavy atom. The number of sulfonamides is 1. The molecule has 0 spiro atoms. The fourth-order valence-electron chi connectivity index (χ4n) is 2.58. The smallest absolute Gasteiger partial charge is 0.387 e. The molecular weight excluding hydrogens is 406 g/mol. The summed E-state index contributed by atoms with van der Waals surface area (Å²) in [7, 11) is -2.38. The lowest BCUT2D eigenvalue weighted by atomic mass is 10.1. The quantitative estimate of drug-likeness (QED) is 0.641. The Labute approximate surface area is 168 Å². The monoisotopic (exact) mass is 428 g/mol. The van der Waals surface area contributed by atoms with Crippen LogP contribution < -0.4 is 19.5 Å². The largest absolute Gasteiger partial charge is 0.493 e. The average molecular weight is 428 g/mol. The Kier molecular flexibility index (Phi) is 7.52. The number of halogens is 2. The van der Waals surface area contributed by atoms with Crippen molar-refractivity contribution in [2.24, 2.45) is 0 Å². The van der Waals surface area contributed by atoms with Crippen LogP contribution in [0.15, 0.2) is 41.3 Å². The van der Waals surface area contributed by atoms with Crippen molar-refractivity contribution in [1.29, 1.82) is 0 Å². The maximum absolute atomic E-state index is 12.6. The van der Waals surface area contributed by atoms with Crippen LogP contribution in [-0.2, 0) is 16.6 Å². The normalized spacial score (nSPS) is 11.4. The first-order valence-corrected chi connectivity index (χ1v) is 10.2. The summed E-state index contributed by atoms with van der Waals surface area (Å²) in [5, 5.41) is 2.65. The van der Waals surface area contributed by atoms with Crippen molar-refractivity contribution < 1.29 is 31.5 Å². The van der Waals surface area contributed by atoms with Crippen molar-refractivity contribution >= 4 is 15.9 Å². The molecule has 0 atom stereocenters. The zero-order valence-electron chi connectivity index (χ0n) is 16.2. The number of benzene rings is 2. The van der Waals surface area contributed by atoms with Crippen molar-refractivity contribution in [1.82, 2.24) is 10.0 Å². The van der Waals surface area contributed by atoms with Gasteiger partial charge in [0.25, 0.3) is 5.91 Å². The lowest BCUT2D eigenvalue weighted by Gasteiger charge is -2.13. The molecule has 158 valence electrons. The molecule has 1 amide bonds. The fourth-order valence-corrected chi connectivity index (χ4v) is 3.65. The van der Waals surface area contributed by atoms with Crippen LogP contribution >= 0.6 is 0 Å². The zero-order valence-corrected chi connectivity index (χ0v) is 17.0. The molecule has 0 fully saturated rings. The number of nitrogens with one attached hydrogen (secondary N) is 2. The molecule has 0 saturated carbocycles. The van der Waals surface area contributed by atoms with E-state index in [0.717, 1.165) is 0 Å². The van der Waals surface area contributed by atoms with Gasteiger partial charge in [-0.2, -0.15) is 8.78 Å². The van der Waals surface area contributed by atoms with Crippen molar-refractivity contribution in [3.8, 4) is 11.5 Å². The molecule has 7 nitrogen and oxygen atoms in total. The van der Waals surface area contributed by atoms with Crippen LogP contribution in [0.3, 0.4) is 0 Å². The van der Waals surface area contributed by atoms with Gasteiger partial charge in [-0.3, -0.25) is 4.79 Å². The summed E-state index contributed by atoms with van der Waals surface area (Å²) in [5.41, 5.74) is 1.29. The molecule has 0 bridgehead atoms. The SMILES string of the molecule is CCNS(=O)(=O)c1ccc(C)c(C(=O)NCc2ccc(OC)c(OC(F)F)c2)c1. The van der Waals surface area contributed by atoms with E-state index in [1.807, 2.05) is 0 Å². The van der Waals surface area contributed by atoms with Crippen LogP contribution in [0.4, 0.5) is 8.78 Å². The van der Waals surface area contributed by atoms with Crippen molar-refractivity contribution in [2.75, 3.05) is 13.7 Å². The van der Waals surface area contributed by atoms with Gasteiger partial charge in [-0.15, -0.1) is 0 Å². The minimum absolute atomic E-state index is 0.0199. The molecule has 0 heterocycles. The number of carbonyl (C=O) groups is 1. The number of carbonyl (C=O) groups excluding carboxylic acids is 1. The van der Waals surface area contributed by atoms with Gasteiger partial charge < -0.3 is 14.8 Å². The molecule has 0 aliphatic heterocycles. The summed E-state index contributed by atoms with van der Waals surface area (Å²) < 4.78 is 61.1. The fraction of sp³-hybridized carbons (Fsp3) is 0.316. The van der Waals surface area contributed by atoms with Gasteiger partial charge in [0.2, 0.25) is 10.0 Å². The van der Waals surface area contributed by atoms with Gasteiger partial charge in [-0.05, 0) is 42.3 Å². The second-order valence-electron chi connectivity index (χ2n) is 6.02. The standard InChI is InChI=1S/C19H22F2N2O5S/c1-4-23-29(25,26)14-7-5-12(2)15(10-14)18(24)22-11-13-6-8-16(27-3)17(9-13)28-19(20)21/h5-10,19,23H,4,11H2,1-3H3,(H,22,24). The van der Waals surface area contributed by atoms with Gasteiger partial charge in [-0.1, -0.05) is 19.1 Å². The Morgan fingerprint density at radius 1 is 1.14 bits per heavy atom. The summed E-state index contributed by atoms with van der Waals surface area (Å²) in [6.45, 7) is 0.559. The molecule has 2 rings (SSSR count). The van der Waals surface area contributed by atoms with E-state index in [0.29, 0.717) is 11.1 Å². The summed E-state index contributed by atoms with van der Waals surface area (Å²) in [4.78, 5) is 12.5. The van der Waals surface area contributed by atoms with Gasteiger partial charge in [0, 0.05) is 18.7 Å². The summed E-state index contributed by atoms with van der Waals surface area (Å²) in [6.07, 6.45) is 0. The first-order valence-electron chi connectivity index (χ1n) is 8.68. The Hall–Kier alpha value is -2.72. The minimum Gasteiger partial charge on any atom is -0.493 e. The van der Waals surface area contributed by atoms with Crippen LogP contribution in [0.1, 0.15) is 28.4 Å². The van der Waals surface area contributed by atoms with E-state index in [9.17, 15) is 22.0 Å². The average Bonchev–Trinajstić information content (AvgIpc) is 2.66. The van der Waals surface area contributed by atoms with E-state index in [-0.39, 0.29) is 35.0 Å². The molecule has 2 N–H and O–H groups in total. The molecular formula is C19H22F2N2O5S. The van der Waals surface area contributed by atoms with Crippen LogP contribution in [0.2, 0.25) is 0 Å². The molecule has 10 heteroatoms. The van der Waals surface area contributed by atoms with Crippen molar-refractivity contribution in [2.45, 2.75) is 31.9 Å². The minimum atomic E-state index is -3.71. The van der Waals surface area contributed by atoms with Crippen molar-refractivity contribution in [3.05, 3.63) is 53.1 Å². The maximum Gasteiger partial charge on any atom is 0.387 e. The van der Waals surface area contributed by atoms with E-state index in [2.05, 4.69) is 14.8 Å². The number of methoxy groups -OCH3 is 1. The highest BCUT2D eigenvalue weighted by Crippen LogP contribution is 2.29. The molecule has 0 radical (unpaired) electrons. The third-order valence-electron chi connectivity index (χ3n) is 4.00. The first-order chi connectivity index (χ1) is 13.7. The summed E-state index contributed by atoms with van der Waals surface area (Å²) >= 11 is 0. The van der Waals surface area contributed by atoms with Crippen LogP contribution in [0.25, 0.3) is 0 Å². The van der Waals surface area contributed by atoms with Gasteiger partial charge in [0.05, 0.1) is 12.0 Å². The molecule has 0 aromatic heterocycles. The van der Waals surface area contributed by atoms with Crippen LogP contribution in [0.5, 0.6) is 11.5 Å². The highest BCUT2D eigenvalue weighted by Gasteiger charge is 2.17. The third kappa shape index (κ3) is 5.88. The van der Waals surface area contributed by atoms with Gasteiger partial charge in [0.15, 0.2) is 11.5 Å². The predicted octanol–water partition coefficient (Wildman–Crippen LogP) is 2.83. The van der Waals surface area contributed by atoms with E-state index in [1.54, 1.807) is 26.0 Å². The molecule has 0 saturated heterocycles. The van der Waals surface area contributed by atoms with Crippen molar-refractivity contribution in [3.63, 3.8) is 0 Å². The van der Waals surface area contributed by atoms with E-state index in [1.165, 1.54) is 31.4 Å². The van der Waals surface area contributed by atoms with Crippen LogP contribution in [-0.4, -0.2) is 34.6 Å². The Morgan fingerprint density at radius 3 is 2.48 bits per heavy atom. The van der Waals surface area contributed by atoms with Gasteiger partial charge in [-0.25, -0.2) is 13.1 Å². The highest BCUT2D eigenvalue weighted by atomic mass is 32.2. The zero-order chi connectivity index (χ0) is 21.6. The molecule has 2 aromatic rings. The Balaban J connectivity index is 2.19. The maximum atomic E-state index is 12.6. The lowest BCUT2D eigenvalue weighted by molar-refractivity contribution is -0.0512. The molecule has 2 aromatic carbocycles. The number of hydrogen-bond acceptors (Lipinski definition) is 5. The molecule has 29 heavy (non-hydrogen) atoms. The number of hydrogen-bond donors (Lipinski definition) is 2. The summed E-state index contributed by atoms with van der Waals surface area (Å²) in [6, 6.07) is 8.64. The molecule has 0 aliphatic rings. The lowest BCUT2D eigenvalue weighted by Crippen LogP contribution is -2.26. The summed E-state index contributed by atoms with van der Waals surface area (Å²) in [5.74, 6) is -0.509. The number of aryl methyl sites for hydroxylation is 1. The van der Waals surface area contributed by atoms with Crippen LogP contribution in [0, 0.1) is 6.92 Å². The predicted molar refractivity (Wildman–Crippen MR) is 103 cm³/mol. The van der Waals surface area contributed by atoms with E-state index < -0.39 is 22.5 Å². The van der Waals surface area contributed by atoms with Gasteiger partial charge >= 0.3 is 6.61 Å². The van der Waals surface area contributed by atoms with E-state index >= 15 is 0 Å². The number of alkyl halides is 2. The molecule has 0 aliphatic carbocycles. The number of amides is 1. The van der Waals surface area contributed by atoms with Gasteiger partial charge in [0.1, 0.15) is 0 Å². The number of ether oxygens (including phenoxy) is 2. The Bertz CT molecular complexity index is 981. The highest BCUT2D eigenvalue weighted by molar-refractivity contribution is 7.89. The number of rotatable bonds is 9. The molecule has 0 unspecified atom stereocenters.